The second-order valence-corrected chi connectivity index (χ2v) is 5.60. The summed E-state index contributed by atoms with van der Waals surface area (Å²) < 4.78 is 33.8. The fraction of sp³-hybridized carbons (Fsp3) is 0.385. The topological polar surface area (TPSA) is 52.6 Å². The fourth-order valence-electron chi connectivity index (χ4n) is 1.24. The van der Waals surface area contributed by atoms with Gasteiger partial charge in [-0.15, -0.1) is 6.58 Å². The number of aryl methyl sites for hydroxylation is 1. The highest BCUT2D eigenvalue weighted by atomic mass is 32.2. The number of hydrogen-bond acceptors (Lipinski definition) is 4. The normalized spacial score (nSPS) is 13.2. The van der Waals surface area contributed by atoms with Gasteiger partial charge in [0.2, 0.25) is 0 Å². The van der Waals surface area contributed by atoms with E-state index in [1.807, 2.05) is 6.92 Å². The van der Waals surface area contributed by atoms with E-state index in [2.05, 4.69) is 6.58 Å². The van der Waals surface area contributed by atoms with Crippen molar-refractivity contribution in [3.8, 4) is 0 Å². The number of benzene rings is 1. The van der Waals surface area contributed by atoms with Crippen molar-refractivity contribution < 1.29 is 17.3 Å². The average Bonchev–Trinajstić information content (AvgIpc) is 2.34. The zero-order valence-electron chi connectivity index (χ0n) is 10.6. The zero-order valence-corrected chi connectivity index (χ0v) is 11.4. The molecule has 1 unspecified atom stereocenters. The molecule has 1 atom stereocenters. The van der Waals surface area contributed by atoms with E-state index in [1.165, 1.54) is 12.1 Å². The van der Waals surface area contributed by atoms with Gasteiger partial charge in [0.25, 0.3) is 10.1 Å². The molecule has 100 valence electrons. The lowest BCUT2D eigenvalue weighted by Gasteiger charge is -2.12. The molecule has 0 aliphatic carbocycles. The van der Waals surface area contributed by atoms with Gasteiger partial charge < -0.3 is 4.74 Å². The van der Waals surface area contributed by atoms with Gasteiger partial charge in [-0.05, 0) is 26.0 Å². The van der Waals surface area contributed by atoms with Crippen molar-refractivity contribution in [3.05, 3.63) is 42.5 Å². The van der Waals surface area contributed by atoms with Crippen molar-refractivity contribution in [1.29, 1.82) is 0 Å². The third kappa shape index (κ3) is 4.60. The Balaban J connectivity index is 2.60. The van der Waals surface area contributed by atoms with Crippen molar-refractivity contribution in [3.63, 3.8) is 0 Å². The zero-order chi connectivity index (χ0) is 13.6. The van der Waals surface area contributed by atoms with Gasteiger partial charge in [0, 0.05) is 0 Å². The van der Waals surface area contributed by atoms with E-state index in [-0.39, 0.29) is 17.6 Å². The minimum atomic E-state index is -3.70. The number of rotatable bonds is 7. The van der Waals surface area contributed by atoms with Crippen molar-refractivity contribution in [2.45, 2.75) is 24.8 Å². The minimum absolute atomic E-state index is 0.00987. The summed E-state index contributed by atoms with van der Waals surface area (Å²) in [6, 6.07) is 6.52. The first-order valence-corrected chi connectivity index (χ1v) is 7.05. The molecule has 0 fully saturated rings. The maximum atomic E-state index is 11.8. The van der Waals surface area contributed by atoms with Crippen molar-refractivity contribution >= 4 is 10.1 Å². The van der Waals surface area contributed by atoms with Crippen LogP contribution in [-0.4, -0.2) is 27.7 Å². The van der Waals surface area contributed by atoms with E-state index in [0.717, 1.165) is 5.56 Å². The molecule has 0 N–H and O–H groups in total. The number of ether oxygens (including phenoxy) is 1. The van der Waals surface area contributed by atoms with Crippen LogP contribution in [0.25, 0.3) is 0 Å². The number of hydrogen-bond donors (Lipinski definition) is 0. The molecule has 0 aliphatic rings. The molecule has 0 aromatic heterocycles. The van der Waals surface area contributed by atoms with Gasteiger partial charge in [0.15, 0.2) is 0 Å². The molecule has 0 saturated carbocycles. The Bertz CT molecular complexity index is 476. The van der Waals surface area contributed by atoms with Crippen LogP contribution < -0.4 is 0 Å². The highest BCUT2D eigenvalue weighted by Gasteiger charge is 2.16. The Morgan fingerprint density at radius 3 is 2.50 bits per heavy atom. The second kappa shape index (κ2) is 6.68. The monoisotopic (exact) mass is 270 g/mol. The van der Waals surface area contributed by atoms with Crippen LogP contribution in [0.15, 0.2) is 41.8 Å². The summed E-state index contributed by atoms with van der Waals surface area (Å²) in [4.78, 5) is 0.157. The first kappa shape index (κ1) is 14.9. The summed E-state index contributed by atoms with van der Waals surface area (Å²) in [6.07, 6.45) is 1.30. The standard InChI is InChI=1S/C13H18O4S/c1-4-9-16-12(3)10-17-18(14,15)13-7-5-11(2)6-8-13/h4-8,12H,1,9-10H2,2-3H3. The fourth-order valence-corrected chi connectivity index (χ4v) is 2.22. The van der Waals surface area contributed by atoms with Crippen LogP contribution in [-0.2, 0) is 19.0 Å². The summed E-state index contributed by atoms with van der Waals surface area (Å²) in [7, 11) is -3.70. The van der Waals surface area contributed by atoms with E-state index >= 15 is 0 Å². The predicted molar refractivity (Wildman–Crippen MR) is 69.9 cm³/mol. The lowest BCUT2D eigenvalue weighted by Crippen LogP contribution is -2.19. The van der Waals surface area contributed by atoms with Crippen molar-refractivity contribution in [2.75, 3.05) is 13.2 Å². The maximum Gasteiger partial charge on any atom is 0.297 e. The summed E-state index contributed by atoms with van der Waals surface area (Å²) in [5.74, 6) is 0. The van der Waals surface area contributed by atoms with E-state index < -0.39 is 10.1 Å². The smallest absolute Gasteiger partial charge is 0.297 e. The average molecular weight is 270 g/mol. The van der Waals surface area contributed by atoms with Crippen LogP contribution in [0.1, 0.15) is 12.5 Å². The molecule has 1 rings (SSSR count). The van der Waals surface area contributed by atoms with Gasteiger partial charge >= 0.3 is 0 Å². The Morgan fingerprint density at radius 1 is 1.33 bits per heavy atom. The Labute approximate surface area is 108 Å². The first-order chi connectivity index (χ1) is 8.45. The predicted octanol–water partition coefficient (Wildman–Crippen LogP) is 2.29. The van der Waals surface area contributed by atoms with Gasteiger partial charge in [-0.2, -0.15) is 8.42 Å². The Morgan fingerprint density at radius 2 is 1.94 bits per heavy atom. The molecule has 0 aliphatic heterocycles. The molecule has 1 aromatic rings. The second-order valence-electron chi connectivity index (χ2n) is 3.98. The summed E-state index contributed by atoms with van der Waals surface area (Å²) in [5.41, 5.74) is 0.997. The van der Waals surface area contributed by atoms with Crippen LogP contribution in [0, 0.1) is 6.92 Å². The molecule has 1 aromatic carbocycles. The lowest BCUT2D eigenvalue weighted by molar-refractivity contribution is 0.0513. The molecular formula is C13H18O4S. The molecule has 0 spiro atoms. The molecule has 5 heteroatoms. The Hall–Kier alpha value is -1.17. The molecule has 0 saturated heterocycles. The van der Waals surface area contributed by atoms with Crippen LogP contribution in [0.4, 0.5) is 0 Å². The molecular weight excluding hydrogens is 252 g/mol. The van der Waals surface area contributed by atoms with E-state index in [4.69, 9.17) is 8.92 Å². The minimum Gasteiger partial charge on any atom is -0.372 e. The van der Waals surface area contributed by atoms with Gasteiger partial charge in [-0.1, -0.05) is 23.8 Å². The maximum absolute atomic E-state index is 11.8. The van der Waals surface area contributed by atoms with Crippen LogP contribution in [0.2, 0.25) is 0 Å². The summed E-state index contributed by atoms with van der Waals surface area (Å²) >= 11 is 0. The molecule has 18 heavy (non-hydrogen) atoms. The van der Waals surface area contributed by atoms with Crippen LogP contribution in [0.3, 0.4) is 0 Å². The van der Waals surface area contributed by atoms with Gasteiger partial charge in [-0.3, -0.25) is 4.18 Å². The van der Waals surface area contributed by atoms with Gasteiger partial charge in [-0.25, -0.2) is 0 Å². The lowest BCUT2D eigenvalue weighted by atomic mass is 10.2. The van der Waals surface area contributed by atoms with Crippen molar-refractivity contribution in [1.82, 2.24) is 0 Å². The van der Waals surface area contributed by atoms with E-state index in [1.54, 1.807) is 25.1 Å². The molecule has 0 radical (unpaired) electrons. The highest BCUT2D eigenvalue weighted by Crippen LogP contribution is 2.13. The summed E-state index contributed by atoms with van der Waals surface area (Å²) in [5, 5.41) is 0. The third-order valence-corrected chi connectivity index (χ3v) is 3.56. The molecule has 0 amide bonds. The SMILES string of the molecule is C=CCOC(C)COS(=O)(=O)c1ccc(C)cc1. The van der Waals surface area contributed by atoms with E-state index in [0.29, 0.717) is 6.61 Å². The molecule has 0 heterocycles. The van der Waals surface area contributed by atoms with Crippen LogP contribution >= 0.6 is 0 Å². The Kier molecular flexibility index (Phi) is 5.53. The molecule has 0 bridgehead atoms. The van der Waals surface area contributed by atoms with Crippen LogP contribution in [0.5, 0.6) is 0 Å². The largest absolute Gasteiger partial charge is 0.372 e. The first-order valence-electron chi connectivity index (χ1n) is 5.64. The van der Waals surface area contributed by atoms with E-state index in [9.17, 15) is 8.42 Å². The summed E-state index contributed by atoms with van der Waals surface area (Å²) in [6.45, 7) is 7.51. The third-order valence-electron chi connectivity index (χ3n) is 2.27. The van der Waals surface area contributed by atoms with Gasteiger partial charge in [0.1, 0.15) is 0 Å². The van der Waals surface area contributed by atoms with Gasteiger partial charge in [0.05, 0.1) is 24.2 Å². The molecule has 4 nitrogen and oxygen atoms in total. The highest BCUT2D eigenvalue weighted by molar-refractivity contribution is 7.86. The van der Waals surface area contributed by atoms with Crippen molar-refractivity contribution in [2.24, 2.45) is 0 Å². The quantitative estimate of drug-likeness (QED) is 0.563.